The number of rotatable bonds is 9. The van der Waals surface area contributed by atoms with Crippen molar-refractivity contribution in [1.29, 1.82) is 0 Å². The van der Waals surface area contributed by atoms with Crippen molar-refractivity contribution in [3.05, 3.63) is 35.9 Å². The van der Waals surface area contributed by atoms with Crippen molar-refractivity contribution in [3.63, 3.8) is 0 Å². The average molecular weight is 298 g/mol. The van der Waals surface area contributed by atoms with Crippen molar-refractivity contribution < 1.29 is 13.5 Å². The van der Waals surface area contributed by atoms with Gasteiger partial charge in [0.25, 0.3) is 0 Å². The van der Waals surface area contributed by atoms with Gasteiger partial charge in [-0.25, -0.2) is 8.42 Å². The van der Waals surface area contributed by atoms with Crippen LogP contribution in [0.1, 0.15) is 38.7 Å². The molecule has 1 rings (SSSR count). The number of benzene rings is 1. The summed E-state index contributed by atoms with van der Waals surface area (Å²) in [5.74, 6) is 0.784. The first-order valence-corrected chi connectivity index (χ1v) is 9.13. The van der Waals surface area contributed by atoms with E-state index in [9.17, 15) is 13.5 Å². The van der Waals surface area contributed by atoms with E-state index in [2.05, 4.69) is 13.8 Å². The van der Waals surface area contributed by atoms with Gasteiger partial charge in [0.2, 0.25) is 0 Å². The van der Waals surface area contributed by atoms with Crippen molar-refractivity contribution in [3.8, 4) is 0 Å². The second kappa shape index (κ2) is 8.42. The van der Waals surface area contributed by atoms with E-state index < -0.39 is 15.9 Å². The number of sulfone groups is 1. The zero-order chi connectivity index (χ0) is 15.0. The topological polar surface area (TPSA) is 54.4 Å². The van der Waals surface area contributed by atoms with Gasteiger partial charge in [0.1, 0.15) is 0 Å². The van der Waals surface area contributed by atoms with Gasteiger partial charge in [-0.05, 0) is 37.2 Å². The molecule has 4 heteroatoms. The summed E-state index contributed by atoms with van der Waals surface area (Å²) in [6, 6.07) is 9.62. The van der Waals surface area contributed by atoms with Gasteiger partial charge in [-0.3, -0.25) is 0 Å². The molecule has 0 aliphatic rings. The smallest absolute Gasteiger partial charge is 0.150 e. The van der Waals surface area contributed by atoms with Gasteiger partial charge in [0.15, 0.2) is 9.84 Å². The van der Waals surface area contributed by atoms with Crippen molar-refractivity contribution in [1.82, 2.24) is 0 Å². The Hall–Kier alpha value is -0.870. The molecule has 1 atom stereocenters. The van der Waals surface area contributed by atoms with Crippen LogP contribution in [0.25, 0.3) is 0 Å². The lowest BCUT2D eigenvalue weighted by molar-refractivity contribution is 0.153. The second-order valence-corrected chi connectivity index (χ2v) is 8.10. The fraction of sp³-hybridized carbons (Fsp3) is 0.625. The Kier molecular flexibility index (Phi) is 7.24. The minimum absolute atomic E-state index is 0.0824. The highest BCUT2D eigenvalue weighted by atomic mass is 32.2. The zero-order valence-electron chi connectivity index (χ0n) is 12.5. The Bertz CT molecular complexity index is 466. The number of hydrogen-bond acceptors (Lipinski definition) is 3. The monoisotopic (exact) mass is 298 g/mol. The summed E-state index contributed by atoms with van der Waals surface area (Å²) in [5, 5.41) is 9.78. The molecule has 1 N–H and O–H groups in total. The van der Waals surface area contributed by atoms with Gasteiger partial charge in [0, 0.05) is 0 Å². The molecule has 114 valence electrons. The standard InChI is InChI=1S/C16H26O3S/c1-14(2)8-9-16(17)11-13-20(18,19)12-10-15-6-4-3-5-7-15/h3-7,14,16-17H,8-13H2,1-2H3. The molecule has 0 saturated carbocycles. The molecular weight excluding hydrogens is 272 g/mol. The molecule has 3 nitrogen and oxygen atoms in total. The number of aliphatic hydroxyl groups is 1. The Morgan fingerprint density at radius 2 is 1.65 bits per heavy atom. The van der Waals surface area contributed by atoms with E-state index in [-0.39, 0.29) is 11.5 Å². The van der Waals surface area contributed by atoms with Crippen LogP contribution in [0.4, 0.5) is 0 Å². The fourth-order valence-electron chi connectivity index (χ4n) is 2.01. The maximum atomic E-state index is 11.9. The molecule has 1 aromatic carbocycles. The van der Waals surface area contributed by atoms with Gasteiger partial charge < -0.3 is 5.11 Å². The fourth-order valence-corrected chi connectivity index (χ4v) is 3.39. The van der Waals surface area contributed by atoms with E-state index in [1.807, 2.05) is 30.3 Å². The Morgan fingerprint density at radius 3 is 2.25 bits per heavy atom. The molecule has 0 bridgehead atoms. The predicted octanol–water partition coefficient (Wildman–Crippen LogP) is 2.83. The van der Waals surface area contributed by atoms with E-state index in [4.69, 9.17) is 0 Å². The Labute approximate surface area is 123 Å². The van der Waals surface area contributed by atoms with Crippen LogP contribution in [0.3, 0.4) is 0 Å². The molecule has 0 aliphatic carbocycles. The number of aliphatic hydroxyl groups excluding tert-OH is 1. The normalized spacial score (nSPS) is 13.6. The summed E-state index contributed by atoms with van der Waals surface area (Å²) in [6.45, 7) is 4.20. The first-order valence-electron chi connectivity index (χ1n) is 7.31. The SMILES string of the molecule is CC(C)CCC(O)CCS(=O)(=O)CCc1ccccc1. The average Bonchev–Trinajstić information content (AvgIpc) is 2.42. The van der Waals surface area contributed by atoms with Crippen molar-refractivity contribution >= 4 is 9.84 Å². The highest BCUT2D eigenvalue weighted by Crippen LogP contribution is 2.11. The second-order valence-electron chi connectivity index (χ2n) is 5.80. The lowest BCUT2D eigenvalue weighted by atomic mass is 10.0. The molecule has 0 saturated heterocycles. The van der Waals surface area contributed by atoms with Crippen molar-refractivity contribution in [2.24, 2.45) is 5.92 Å². The van der Waals surface area contributed by atoms with Gasteiger partial charge >= 0.3 is 0 Å². The molecule has 1 unspecified atom stereocenters. The minimum atomic E-state index is -3.07. The third-order valence-corrected chi connectivity index (χ3v) is 5.07. The van der Waals surface area contributed by atoms with Gasteiger partial charge in [-0.1, -0.05) is 44.2 Å². The molecule has 0 amide bonds. The van der Waals surface area contributed by atoms with Crippen LogP contribution >= 0.6 is 0 Å². The van der Waals surface area contributed by atoms with E-state index in [0.29, 0.717) is 25.2 Å². The molecule has 20 heavy (non-hydrogen) atoms. The summed E-state index contributed by atoms with van der Waals surface area (Å²) in [5.41, 5.74) is 1.04. The van der Waals surface area contributed by atoms with Crippen LogP contribution < -0.4 is 0 Å². The van der Waals surface area contributed by atoms with Crippen LogP contribution in [0.2, 0.25) is 0 Å². The zero-order valence-corrected chi connectivity index (χ0v) is 13.3. The molecule has 0 aliphatic heterocycles. The van der Waals surface area contributed by atoms with Crippen LogP contribution in [0.15, 0.2) is 30.3 Å². The van der Waals surface area contributed by atoms with Gasteiger partial charge in [-0.2, -0.15) is 0 Å². The quantitative estimate of drug-likeness (QED) is 0.762. The number of hydrogen-bond donors (Lipinski definition) is 1. The van der Waals surface area contributed by atoms with Gasteiger partial charge in [0.05, 0.1) is 17.6 Å². The molecule has 1 aromatic rings. The summed E-state index contributed by atoms with van der Waals surface area (Å²) in [4.78, 5) is 0. The first-order chi connectivity index (χ1) is 9.39. The van der Waals surface area contributed by atoms with E-state index in [0.717, 1.165) is 12.0 Å². The van der Waals surface area contributed by atoms with Crippen LogP contribution in [0.5, 0.6) is 0 Å². The van der Waals surface area contributed by atoms with Crippen molar-refractivity contribution in [2.45, 2.75) is 45.6 Å². The molecule has 0 spiro atoms. The Morgan fingerprint density at radius 1 is 1.00 bits per heavy atom. The highest BCUT2D eigenvalue weighted by Gasteiger charge is 2.14. The summed E-state index contributed by atoms with van der Waals surface area (Å²) in [6.07, 6.45) is 2.02. The third kappa shape index (κ3) is 7.65. The van der Waals surface area contributed by atoms with E-state index in [1.54, 1.807) is 0 Å². The molecule has 0 fully saturated rings. The lowest BCUT2D eigenvalue weighted by Crippen LogP contribution is -2.18. The van der Waals surface area contributed by atoms with Crippen molar-refractivity contribution in [2.75, 3.05) is 11.5 Å². The minimum Gasteiger partial charge on any atom is -0.393 e. The molecular formula is C16H26O3S. The highest BCUT2D eigenvalue weighted by molar-refractivity contribution is 7.91. The predicted molar refractivity (Wildman–Crippen MR) is 83.5 cm³/mol. The van der Waals surface area contributed by atoms with E-state index in [1.165, 1.54) is 0 Å². The third-order valence-electron chi connectivity index (χ3n) is 3.38. The van der Waals surface area contributed by atoms with E-state index >= 15 is 0 Å². The maximum Gasteiger partial charge on any atom is 0.150 e. The molecule has 0 heterocycles. The lowest BCUT2D eigenvalue weighted by Gasteiger charge is -2.12. The van der Waals surface area contributed by atoms with Crippen LogP contribution in [-0.4, -0.2) is 31.1 Å². The summed E-state index contributed by atoms with van der Waals surface area (Å²) in [7, 11) is -3.07. The largest absolute Gasteiger partial charge is 0.393 e. The first kappa shape index (κ1) is 17.2. The van der Waals surface area contributed by atoms with Crippen LogP contribution in [-0.2, 0) is 16.3 Å². The summed E-state index contributed by atoms with van der Waals surface area (Å²) >= 11 is 0. The van der Waals surface area contributed by atoms with Crippen LogP contribution in [0, 0.1) is 5.92 Å². The summed E-state index contributed by atoms with van der Waals surface area (Å²) < 4.78 is 23.9. The molecule has 0 radical (unpaired) electrons. The number of aryl methyl sites for hydroxylation is 1. The maximum absolute atomic E-state index is 11.9. The molecule has 0 aromatic heterocycles. The Balaban J connectivity index is 2.31. The van der Waals surface area contributed by atoms with Gasteiger partial charge in [-0.15, -0.1) is 0 Å².